The van der Waals surface area contributed by atoms with Gasteiger partial charge in [-0.15, -0.1) is 0 Å². The molecule has 2 aliphatic rings. The maximum absolute atomic E-state index is 15.1. The van der Waals surface area contributed by atoms with Crippen LogP contribution in [-0.2, 0) is 14.8 Å². The number of hydrogen-bond acceptors (Lipinski definition) is 8. The molecule has 9 nitrogen and oxygen atoms in total. The molecule has 2 saturated heterocycles. The third kappa shape index (κ3) is 5.93. The van der Waals surface area contributed by atoms with Gasteiger partial charge < -0.3 is 15.6 Å². The quantitative estimate of drug-likeness (QED) is 0.479. The summed E-state index contributed by atoms with van der Waals surface area (Å²) in [5.41, 5.74) is 6.91. The summed E-state index contributed by atoms with van der Waals surface area (Å²) in [6.45, 7) is 2.60. The van der Waals surface area contributed by atoms with Crippen LogP contribution >= 0.6 is 27.0 Å². The number of aliphatic hydroxyl groups excluding tert-OH is 1. The minimum atomic E-state index is -3.95. The molecule has 5 rings (SSSR count). The van der Waals surface area contributed by atoms with Gasteiger partial charge in [-0.3, -0.25) is 9.88 Å². The van der Waals surface area contributed by atoms with E-state index in [0.29, 0.717) is 43.1 Å². The Morgan fingerprint density at radius 3 is 2.41 bits per heavy atom. The van der Waals surface area contributed by atoms with Crippen LogP contribution in [0.5, 0.6) is 0 Å². The van der Waals surface area contributed by atoms with E-state index >= 15 is 4.39 Å². The molecule has 2 atom stereocenters. The summed E-state index contributed by atoms with van der Waals surface area (Å²) in [7, 11) is -3.95. The van der Waals surface area contributed by atoms with Crippen LogP contribution in [0.25, 0.3) is 22.4 Å². The maximum atomic E-state index is 15.1. The van der Waals surface area contributed by atoms with E-state index in [0.717, 1.165) is 0 Å². The summed E-state index contributed by atoms with van der Waals surface area (Å²) < 4.78 is 49.0. The standard InChI is InChI=1S/C24H26FN5O4S.2H2S/c25-19-11-16(5-6-18(19)20-12-28-24(26)13-27-20)17-3-1-2-4-23(17)35(32,33)30-14-21(22(31)15-30)29-7-9-34-10-8-29;;/h1-6,11-13,21-22,31H,7-10,14-15H2,(H2,26,28);2*1H2/t21-,22-;;/m0../s1. The number of halogens is 1. The third-order valence-electron chi connectivity index (χ3n) is 6.47. The number of hydrogen-bond donors (Lipinski definition) is 2. The number of rotatable bonds is 5. The number of aliphatic hydroxyl groups is 1. The van der Waals surface area contributed by atoms with Crippen LogP contribution in [0.2, 0.25) is 0 Å². The fourth-order valence-electron chi connectivity index (χ4n) is 4.64. The van der Waals surface area contributed by atoms with E-state index in [4.69, 9.17) is 10.5 Å². The average molecular weight is 568 g/mol. The van der Waals surface area contributed by atoms with Crippen LogP contribution < -0.4 is 5.73 Å². The largest absolute Gasteiger partial charge is 0.390 e. The Hall–Kier alpha value is -2.26. The van der Waals surface area contributed by atoms with Crippen molar-refractivity contribution in [1.29, 1.82) is 0 Å². The Bertz CT molecular complexity index is 1320. The number of nitrogen functional groups attached to an aromatic ring is 1. The molecular weight excluding hydrogens is 537 g/mol. The molecule has 0 saturated carbocycles. The van der Waals surface area contributed by atoms with Crippen molar-refractivity contribution >= 4 is 42.8 Å². The summed E-state index contributed by atoms with van der Waals surface area (Å²) in [5, 5.41) is 10.6. The molecule has 2 aromatic carbocycles. The first-order chi connectivity index (χ1) is 16.8. The van der Waals surface area contributed by atoms with Gasteiger partial charge in [-0.05, 0) is 23.8 Å². The van der Waals surface area contributed by atoms with Gasteiger partial charge in [0.05, 0.1) is 48.3 Å². The lowest BCUT2D eigenvalue weighted by molar-refractivity contribution is -0.00602. The Kier molecular flexibility index (Phi) is 9.56. The van der Waals surface area contributed by atoms with Crippen molar-refractivity contribution in [2.24, 2.45) is 0 Å². The van der Waals surface area contributed by atoms with Gasteiger partial charge in [-0.2, -0.15) is 31.3 Å². The van der Waals surface area contributed by atoms with Crippen molar-refractivity contribution in [1.82, 2.24) is 19.2 Å². The van der Waals surface area contributed by atoms with Crippen molar-refractivity contribution in [2.75, 3.05) is 45.1 Å². The first-order valence-corrected chi connectivity index (χ1v) is 12.8. The molecule has 3 N–H and O–H groups in total. The van der Waals surface area contributed by atoms with Crippen LogP contribution in [-0.4, -0.2) is 84.2 Å². The Morgan fingerprint density at radius 2 is 1.73 bits per heavy atom. The highest BCUT2D eigenvalue weighted by atomic mass is 32.2. The molecule has 2 aliphatic heterocycles. The maximum Gasteiger partial charge on any atom is 0.243 e. The van der Waals surface area contributed by atoms with Gasteiger partial charge in [0.1, 0.15) is 11.6 Å². The van der Waals surface area contributed by atoms with Gasteiger partial charge in [-0.25, -0.2) is 17.8 Å². The molecule has 0 bridgehead atoms. The van der Waals surface area contributed by atoms with E-state index in [2.05, 4.69) is 14.9 Å². The fraction of sp³-hybridized carbons (Fsp3) is 0.333. The smallest absolute Gasteiger partial charge is 0.243 e. The number of aromatic nitrogens is 2. The van der Waals surface area contributed by atoms with Gasteiger partial charge in [0.2, 0.25) is 10.0 Å². The number of ether oxygens (including phenoxy) is 1. The van der Waals surface area contributed by atoms with Gasteiger partial charge in [-0.1, -0.05) is 24.3 Å². The Morgan fingerprint density at radius 1 is 1.00 bits per heavy atom. The zero-order chi connectivity index (χ0) is 24.6. The number of sulfonamides is 1. The van der Waals surface area contributed by atoms with Crippen LogP contribution in [0.4, 0.5) is 10.2 Å². The monoisotopic (exact) mass is 567 g/mol. The minimum Gasteiger partial charge on any atom is -0.390 e. The fourth-order valence-corrected chi connectivity index (χ4v) is 6.33. The minimum absolute atomic E-state index is 0. The summed E-state index contributed by atoms with van der Waals surface area (Å²) in [6.07, 6.45) is 1.93. The van der Waals surface area contributed by atoms with Crippen molar-refractivity contribution in [3.63, 3.8) is 0 Å². The summed E-state index contributed by atoms with van der Waals surface area (Å²) in [5.74, 6) is -0.328. The molecule has 0 amide bonds. The lowest BCUT2D eigenvalue weighted by atomic mass is 10.0. The van der Waals surface area contributed by atoms with Crippen molar-refractivity contribution < 1.29 is 22.7 Å². The average Bonchev–Trinajstić information content (AvgIpc) is 3.27. The molecule has 0 aliphatic carbocycles. The molecule has 3 aromatic rings. The topological polar surface area (TPSA) is 122 Å². The Balaban J connectivity index is 0.00000190. The van der Waals surface area contributed by atoms with E-state index in [1.165, 1.54) is 28.8 Å². The third-order valence-corrected chi connectivity index (χ3v) is 8.36. The van der Waals surface area contributed by atoms with Crippen molar-refractivity contribution in [3.05, 3.63) is 60.7 Å². The molecule has 13 heteroatoms. The molecule has 0 unspecified atom stereocenters. The lowest BCUT2D eigenvalue weighted by Crippen LogP contribution is -2.49. The number of anilines is 1. The normalized spacial score (nSPS) is 20.7. The molecule has 200 valence electrons. The predicted octanol–water partition coefficient (Wildman–Crippen LogP) is 1.82. The van der Waals surface area contributed by atoms with E-state index in [-0.39, 0.29) is 62.4 Å². The number of nitrogens with two attached hydrogens (primary N) is 1. The second-order valence-electron chi connectivity index (χ2n) is 8.62. The zero-order valence-electron chi connectivity index (χ0n) is 19.9. The van der Waals surface area contributed by atoms with E-state index in [1.807, 2.05) is 0 Å². The number of nitrogens with zero attached hydrogens (tertiary/aromatic N) is 4. The van der Waals surface area contributed by atoms with Gasteiger partial charge in [0, 0.05) is 37.3 Å². The summed E-state index contributed by atoms with van der Waals surface area (Å²) in [6, 6.07) is 10.7. The molecular formula is C24H30FN5O4S3. The lowest BCUT2D eigenvalue weighted by Gasteiger charge is -2.33. The first-order valence-electron chi connectivity index (χ1n) is 11.3. The molecule has 2 fully saturated rings. The zero-order valence-corrected chi connectivity index (χ0v) is 22.7. The second-order valence-corrected chi connectivity index (χ2v) is 10.5. The van der Waals surface area contributed by atoms with Gasteiger partial charge >= 0.3 is 0 Å². The SMILES string of the molecule is Nc1cnc(-c2ccc(-c3ccccc3S(=O)(=O)N3C[C@H](O)[C@@H](N4CCOCC4)C3)cc2F)cn1.S.S. The van der Waals surface area contributed by atoms with Crippen molar-refractivity contribution in [3.8, 4) is 22.4 Å². The van der Waals surface area contributed by atoms with E-state index in [9.17, 15) is 13.5 Å². The van der Waals surface area contributed by atoms with Crippen LogP contribution in [0.15, 0.2) is 59.8 Å². The van der Waals surface area contributed by atoms with E-state index < -0.39 is 21.9 Å². The Labute approximate surface area is 229 Å². The van der Waals surface area contributed by atoms with Crippen LogP contribution in [0, 0.1) is 5.82 Å². The summed E-state index contributed by atoms with van der Waals surface area (Å²) in [4.78, 5) is 10.2. The van der Waals surface area contributed by atoms with Gasteiger partial charge in [0.15, 0.2) is 0 Å². The molecule has 0 spiro atoms. The number of β-amino-alcohol motifs (C(OH)–C–C–N with tert-alkyl or cyclic N) is 1. The molecule has 37 heavy (non-hydrogen) atoms. The van der Waals surface area contributed by atoms with Crippen LogP contribution in [0.3, 0.4) is 0 Å². The van der Waals surface area contributed by atoms with Gasteiger partial charge in [0.25, 0.3) is 0 Å². The van der Waals surface area contributed by atoms with Crippen molar-refractivity contribution in [2.45, 2.75) is 17.0 Å². The molecule has 3 heterocycles. The first kappa shape index (κ1) is 29.3. The predicted molar refractivity (Wildman–Crippen MR) is 149 cm³/mol. The highest BCUT2D eigenvalue weighted by Crippen LogP contribution is 2.34. The highest BCUT2D eigenvalue weighted by Gasteiger charge is 2.42. The molecule has 0 radical (unpaired) electrons. The van der Waals surface area contributed by atoms with Crippen LogP contribution in [0.1, 0.15) is 0 Å². The second kappa shape index (κ2) is 12.1. The summed E-state index contributed by atoms with van der Waals surface area (Å²) >= 11 is 0. The number of benzene rings is 2. The number of morpholine rings is 1. The molecule has 1 aromatic heterocycles. The van der Waals surface area contributed by atoms with E-state index in [1.54, 1.807) is 30.3 Å². The highest BCUT2D eigenvalue weighted by molar-refractivity contribution is 7.89.